The van der Waals surface area contributed by atoms with Gasteiger partial charge in [0, 0.05) is 23.3 Å². The molecule has 2 N–H and O–H groups in total. The van der Waals surface area contributed by atoms with Crippen LogP contribution >= 0.6 is 11.3 Å². The molecule has 1 aromatic rings. The minimum absolute atomic E-state index is 0.00426. The molecule has 0 unspecified atom stereocenters. The highest BCUT2D eigenvalue weighted by atomic mass is 32.1. The maximum absolute atomic E-state index is 11.8. The Kier molecular flexibility index (Phi) is 3.22. The highest BCUT2D eigenvalue weighted by Gasteiger charge is 2.30. The largest absolute Gasteiger partial charge is 0.337 e. The molecule has 1 saturated heterocycles. The standard InChI is InChI=1S/C11H13N3OS/c12-4-8-3-10(16-7-8)6-14-2-1-9(5-13)11(14)15/h3,7,9H,1-2,5-6,13H2/t9-/m0/s1. The van der Waals surface area contributed by atoms with E-state index in [9.17, 15) is 4.79 Å². The molecule has 0 bridgehead atoms. The van der Waals surface area contributed by atoms with E-state index in [0.717, 1.165) is 17.8 Å². The lowest BCUT2D eigenvalue weighted by Gasteiger charge is -2.14. The molecule has 0 aromatic carbocycles. The molecule has 1 atom stereocenters. The first-order valence-electron chi connectivity index (χ1n) is 5.21. The van der Waals surface area contributed by atoms with Gasteiger partial charge in [-0.3, -0.25) is 4.79 Å². The van der Waals surface area contributed by atoms with Crippen molar-refractivity contribution in [2.24, 2.45) is 11.7 Å². The Labute approximate surface area is 98.3 Å². The van der Waals surface area contributed by atoms with Crippen molar-refractivity contribution in [2.75, 3.05) is 13.1 Å². The van der Waals surface area contributed by atoms with E-state index < -0.39 is 0 Å². The number of carbonyl (C=O) groups is 1. The van der Waals surface area contributed by atoms with Crippen molar-refractivity contribution in [3.05, 3.63) is 21.9 Å². The van der Waals surface area contributed by atoms with Gasteiger partial charge in [-0.2, -0.15) is 5.26 Å². The fraction of sp³-hybridized carbons (Fsp3) is 0.455. The number of amides is 1. The normalized spacial score (nSPS) is 20.1. The molecule has 4 nitrogen and oxygen atoms in total. The number of carbonyl (C=O) groups excluding carboxylic acids is 1. The van der Waals surface area contributed by atoms with Gasteiger partial charge in [0.1, 0.15) is 6.07 Å². The maximum atomic E-state index is 11.8. The van der Waals surface area contributed by atoms with Crippen LogP contribution in [0.2, 0.25) is 0 Å². The van der Waals surface area contributed by atoms with Gasteiger partial charge in [-0.1, -0.05) is 0 Å². The molecule has 2 heterocycles. The average Bonchev–Trinajstić information content (AvgIpc) is 2.88. The Bertz CT molecular complexity index is 435. The van der Waals surface area contributed by atoms with Crippen LogP contribution < -0.4 is 5.73 Å². The molecule has 2 rings (SSSR count). The van der Waals surface area contributed by atoms with E-state index in [-0.39, 0.29) is 11.8 Å². The van der Waals surface area contributed by atoms with Gasteiger partial charge in [0.15, 0.2) is 0 Å². The van der Waals surface area contributed by atoms with Crippen LogP contribution in [-0.2, 0) is 11.3 Å². The first-order valence-corrected chi connectivity index (χ1v) is 6.09. The summed E-state index contributed by atoms with van der Waals surface area (Å²) in [5.74, 6) is 0.143. The maximum Gasteiger partial charge on any atom is 0.227 e. The Morgan fingerprint density at radius 2 is 2.50 bits per heavy atom. The lowest BCUT2D eigenvalue weighted by atomic mass is 10.1. The third kappa shape index (κ3) is 2.08. The number of rotatable bonds is 3. The van der Waals surface area contributed by atoms with Gasteiger partial charge in [-0.15, -0.1) is 11.3 Å². The molecule has 1 aliphatic heterocycles. The molecular weight excluding hydrogens is 222 g/mol. The molecule has 1 fully saturated rings. The van der Waals surface area contributed by atoms with E-state index in [0.29, 0.717) is 18.7 Å². The van der Waals surface area contributed by atoms with Gasteiger partial charge in [0.2, 0.25) is 5.91 Å². The molecule has 16 heavy (non-hydrogen) atoms. The van der Waals surface area contributed by atoms with Crippen LogP contribution in [0.1, 0.15) is 16.9 Å². The Morgan fingerprint density at radius 3 is 3.06 bits per heavy atom. The van der Waals surface area contributed by atoms with Crippen molar-refractivity contribution in [1.29, 1.82) is 5.26 Å². The number of nitrogens with zero attached hydrogens (tertiary/aromatic N) is 2. The SMILES string of the molecule is N#Cc1csc(CN2CC[C@@H](CN)C2=O)c1. The summed E-state index contributed by atoms with van der Waals surface area (Å²) in [6, 6.07) is 3.93. The second-order valence-corrected chi connectivity index (χ2v) is 4.89. The van der Waals surface area contributed by atoms with Crippen LogP contribution in [-0.4, -0.2) is 23.9 Å². The van der Waals surface area contributed by atoms with Gasteiger partial charge < -0.3 is 10.6 Å². The van der Waals surface area contributed by atoms with Gasteiger partial charge in [0.25, 0.3) is 0 Å². The molecule has 0 saturated carbocycles. The van der Waals surface area contributed by atoms with Crippen LogP contribution in [0, 0.1) is 17.2 Å². The van der Waals surface area contributed by atoms with Crippen molar-refractivity contribution in [1.82, 2.24) is 4.90 Å². The molecule has 0 aliphatic carbocycles. The zero-order valence-electron chi connectivity index (χ0n) is 8.85. The van der Waals surface area contributed by atoms with Gasteiger partial charge in [-0.25, -0.2) is 0 Å². The molecule has 1 aliphatic rings. The van der Waals surface area contributed by atoms with Crippen molar-refractivity contribution < 1.29 is 4.79 Å². The van der Waals surface area contributed by atoms with Crippen LogP contribution in [0.4, 0.5) is 0 Å². The molecule has 84 valence electrons. The van der Waals surface area contributed by atoms with Crippen molar-refractivity contribution >= 4 is 17.2 Å². The fourth-order valence-corrected chi connectivity index (χ4v) is 2.71. The number of likely N-dealkylation sites (tertiary alicyclic amines) is 1. The zero-order valence-corrected chi connectivity index (χ0v) is 9.67. The van der Waals surface area contributed by atoms with Gasteiger partial charge in [-0.05, 0) is 12.5 Å². The Balaban J connectivity index is 2.01. The van der Waals surface area contributed by atoms with E-state index in [1.54, 1.807) is 0 Å². The minimum Gasteiger partial charge on any atom is -0.337 e. The zero-order chi connectivity index (χ0) is 11.5. The number of nitriles is 1. The van der Waals surface area contributed by atoms with Crippen molar-refractivity contribution in [3.63, 3.8) is 0 Å². The lowest BCUT2D eigenvalue weighted by molar-refractivity contribution is -0.131. The van der Waals surface area contributed by atoms with Crippen LogP contribution in [0.15, 0.2) is 11.4 Å². The molecule has 1 aromatic heterocycles. The highest BCUT2D eigenvalue weighted by Crippen LogP contribution is 2.22. The van der Waals surface area contributed by atoms with E-state index in [4.69, 9.17) is 11.0 Å². The topological polar surface area (TPSA) is 70.1 Å². The second kappa shape index (κ2) is 4.64. The monoisotopic (exact) mass is 235 g/mol. The third-order valence-electron chi connectivity index (χ3n) is 2.82. The summed E-state index contributed by atoms with van der Waals surface area (Å²) in [6.07, 6.45) is 0.853. The predicted molar refractivity (Wildman–Crippen MR) is 61.6 cm³/mol. The molecule has 5 heteroatoms. The lowest BCUT2D eigenvalue weighted by Crippen LogP contribution is -2.29. The number of hydrogen-bond donors (Lipinski definition) is 1. The quantitative estimate of drug-likeness (QED) is 0.847. The third-order valence-corrected chi connectivity index (χ3v) is 3.74. The second-order valence-electron chi connectivity index (χ2n) is 3.89. The van der Waals surface area contributed by atoms with Crippen LogP contribution in [0.25, 0.3) is 0 Å². The van der Waals surface area contributed by atoms with Crippen LogP contribution in [0.5, 0.6) is 0 Å². The summed E-state index contributed by atoms with van der Waals surface area (Å²) in [7, 11) is 0. The summed E-state index contributed by atoms with van der Waals surface area (Å²) in [5.41, 5.74) is 6.19. The summed E-state index contributed by atoms with van der Waals surface area (Å²) in [4.78, 5) is 14.7. The first kappa shape index (κ1) is 11.1. The summed E-state index contributed by atoms with van der Waals surface area (Å²) < 4.78 is 0. The number of hydrogen-bond acceptors (Lipinski definition) is 4. The first-order chi connectivity index (χ1) is 7.74. The number of nitrogens with two attached hydrogens (primary N) is 1. The summed E-state index contributed by atoms with van der Waals surface area (Å²) in [5, 5.41) is 10.5. The average molecular weight is 235 g/mol. The molecule has 0 spiro atoms. The smallest absolute Gasteiger partial charge is 0.227 e. The molecular formula is C11H13N3OS. The van der Waals surface area contributed by atoms with E-state index in [1.807, 2.05) is 16.3 Å². The van der Waals surface area contributed by atoms with E-state index in [2.05, 4.69) is 6.07 Å². The highest BCUT2D eigenvalue weighted by molar-refractivity contribution is 7.10. The Morgan fingerprint density at radius 1 is 1.69 bits per heavy atom. The molecule has 1 amide bonds. The van der Waals surface area contributed by atoms with E-state index >= 15 is 0 Å². The predicted octanol–water partition coefficient (Wildman–Crippen LogP) is 0.927. The molecule has 0 radical (unpaired) electrons. The van der Waals surface area contributed by atoms with Crippen molar-refractivity contribution in [2.45, 2.75) is 13.0 Å². The van der Waals surface area contributed by atoms with Crippen LogP contribution in [0.3, 0.4) is 0 Å². The minimum atomic E-state index is -0.00426. The van der Waals surface area contributed by atoms with E-state index in [1.165, 1.54) is 11.3 Å². The summed E-state index contributed by atoms with van der Waals surface area (Å²) in [6.45, 7) is 1.82. The van der Waals surface area contributed by atoms with Gasteiger partial charge >= 0.3 is 0 Å². The van der Waals surface area contributed by atoms with Crippen molar-refractivity contribution in [3.8, 4) is 6.07 Å². The fourth-order valence-electron chi connectivity index (χ4n) is 1.89. The Hall–Kier alpha value is -1.38. The summed E-state index contributed by atoms with van der Waals surface area (Å²) >= 11 is 1.52. The van der Waals surface area contributed by atoms with Gasteiger partial charge in [0.05, 0.1) is 18.0 Å². The number of thiophene rings is 1.